The van der Waals surface area contributed by atoms with Gasteiger partial charge in [-0.25, -0.2) is 0 Å². The molecular formula is C7H11F3O3. The molecule has 0 aliphatic rings. The van der Waals surface area contributed by atoms with Gasteiger partial charge in [-0.3, -0.25) is 4.79 Å². The maximum absolute atomic E-state index is 12.0. The molecule has 1 atom stereocenters. The molecule has 1 unspecified atom stereocenters. The SMILES string of the molecule is CC(C)OCC(C(=O)O)C(F)(F)F. The lowest BCUT2D eigenvalue weighted by molar-refractivity contribution is -0.204. The van der Waals surface area contributed by atoms with Crippen LogP contribution < -0.4 is 0 Å². The van der Waals surface area contributed by atoms with Crippen molar-refractivity contribution in [2.75, 3.05) is 6.61 Å². The van der Waals surface area contributed by atoms with Gasteiger partial charge in [-0.1, -0.05) is 0 Å². The molecule has 0 heterocycles. The fraction of sp³-hybridized carbons (Fsp3) is 0.857. The Labute approximate surface area is 73.5 Å². The molecule has 6 heteroatoms. The summed E-state index contributed by atoms with van der Waals surface area (Å²) in [6.07, 6.45) is -5.16. The lowest BCUT2D eigenvalue weighted by Crippen LogP contribution is -2.35. The van der Waals surface area contributed by atoms with Crippen LogP contribution in [0.25, 0.3) is 0 Å². The third-order valence-electron chi connectivity index (χ3n) is 1.29. The van der Waals surface area contributed by atoms with Gasteiger partial charge >= 0.3 is 12.1 Å². The first-order valence-electron chi connectivity index (χ1n) is 3.66. The van der Waals surface area contributed by atoms with Gasteiger partial charge in [0, 0.05) is 0 Å². The number of carbonyl (C=O) groups is 1. The molecule has 13 heavy (non-hydrogen) atoms. The zero-order valence-electron chi connectivity index (χ0n) is 7.26. The van der Waals surface area contributed by atoms with Crippen molar-refractivity contribution in [3.05, 3.63) is 0 Å². The summed E-state index contributed by atoms with van der Waals surface area (Å²) in [4.78, 5) is 10.2. The van der Waals surface area contributed by atoms with Crippen LogP contribution in [0, 0.1) is 5.92 Å². The van der Waals surface area contributed by atoms with E-state index in [4.69, 9.17) is 5.11 Å². The number of hydrogen-bond acceptors (Lipinski definition) is 2. The number of ether oxygens (including phenoxy) is 1. The third-order valence-corrected chi connectivity index (χ3v) is 1.29. The highest BCUT2D eigenvalue weighted by atomic mass is 19.4. The second-order valence-corrected chi connectivity index (χ2v) is 2.81. The van der Waals surface area contributed by atoms with Crippen LogP contribution in [0.3, 0.4) is 0 Å². The van der Waals surface area contributed by atoms with Crippen molar-refractivity contribution in [2.45, 2.75) is 26.1 Å². The van der Waals surface area contributed by atoms with Crippen LogP contribution in [-0.2, 0) is 9.53 Å². The summed E-state index contributed by atoms with van der Waals surface area (Å²) in [5.74, 6) is -4.34. The van der Waals surface area contributed by atoms with E-state index >= 15 is 0 Å². The van der Waals surface area contributed by atoms with Crippen LogP contribution in [0.2, 0.25) is 0 Å². The van der Waals surface area contributed by atoms with Crippen LogP contribution in [0.4, 0.5) is 13.2 Å². The Bertz CT molecular complexity index is 176. The molecule has 0 rings (SSSR count). The third kappa shape index (κ3) is 4.72. The topological polar surface area (TPSA) is 46.5 Å². The van der Waals surface area contributed by atoms with Crippen molar-refractivity contribution in [1.29, 1.82) is 0 Å². The Morgan fingerprint density at radius 3 is 2.15 bits per heavy atom. The number of alkyl halides is 3. The summed E-state index contributed by atoms with van der Waals surface area (Å²) in [7, 11) is 0. The van der Waals surface area contributed by atoms with Gasteiger partial charge in [-0.2, -0.15) is 13.2 Å². The van der Waals surface area contributed by atoms with Crippen LogP contribution in [0.5, 0.6) is 0 Å². The molecule has 0 aliphatic heterocycles. The van der Waals surface area contributed by atoms with Gasteiger partial charge < -0.3 is 9.84 Å². The number of hydrogen-bond donors (Lipinski definition) is 1. The van der Waals surface area contributed by atoms with E-state index < -0.39 is 30.8 Å². The Morgan fingerprint density at radius 2 is 1.92 bits per heavy atom. The average molecular weight is 200 g/mol. The van der Waals surface area contributed by atoms with Crippen molar-refractivity contribution < 1.29 is 27.8 Å². The van der Waals surface area contributed by atoms with E-state index in [-0.39, 0.29) is 0 Å². The minimum atomic E-state index is -4.75. The molecule has 0 aliphatic carbocycles. The lowest BCUT2D eigenvalue weighted by Gasteiger charge is -2.17. The minimum absolute atomic E-state index is 0.413. The summed E-state index contributed by atoms with van der Waals surface area (Å²) in [6, 6.07) is 0. The molecule has 3 nitrogen and oxygen atoms in total. The maximum Gasteiger partial charge on any atom is 0.404 e. The molecule has 0 aromatic heterocycles. The molecule has 0 aromatic carbocycles. The van der Waals surface area contributed by atoms with E-state index in [9.17, 15) is 18.0 Å². The van der Waals surface area contributed by atoms with Crippen molar-refractivity contribution in [3.63, 3.8) is 0 Å². The summed E-state index contributed by atoms with van der Waals surface area (Å²) < 4.78 is 40.5. The van der Waals surface area contributed by atoms with Gasteiger partial charge in [-0.15, -0.1) is 0 Å². The fourth-order valence-corrected chi connectivity index (χ4v) is 0.594. The molecule has 0 saturated carbocycles. The number of aliphatic carboxylic acids is 1. The van der Waals surface area contributed by atoms with Crippen LogP contribution in [0.15, 0.2) is 0 Å². The largest absolute Gasteiger partial charge is 0.481 e. The molecule has 0 fully saturated rings. The fourth-order valence-electron chi connectivity index (χ4n) is 0.594. The van der Waals surface area contributed by atoms with E-state index in [1.54, 1.807) is 0 Å². The summed E-state index contributed by atoms with van der Waals surface area (Å²) in [6.45, 7) is 2.24. The lowest BCUT2D eigenvalue weighted by atomic mass is 10.1. The quantitative estimate of drug-likeness (QED) is 0.750. The highest BCUT2D eigenvalue weighted by Gasteiger charge is 2.45. The molecule has 0 bridgehead atoms. The first-order valence-corrected chi connectivity index (χ1v) is 3.66. The monoisotopic (exact) mass is 200 g/mol. The van der Waals surface area contributed by atoms with Crippen molar-refractivity contribution in [2.24, 2.45) is 5.92 Å². The first kappa shape index (κ1) is 12.2. The Kier molecular flexibility index (Phi) is 4.19. The normalized spacial score (nSPS) is 14.6. The van der Waals surface area contributed by atoms with E-state index in [0.29, 0.717) is 0 Å². The highest BCUT2D eigenvalue weighted by molar-refractivity contribution is 5.71. The Morgan fingerprint density at radius 1 is 1.46 bits per heavy atom. The van der Waals surface area contributed by atoms with Gasteiger partial charge in [0.1, 0.15) is 0 Å². The Hall–Kier alpha value is -0.780. The van der Waals surface area contributed by atoms with Crippen molar-refractivity contribution in [1.82, 2.24) is 0 Å². The summed E-state index contributed by atoms with van der Waals surface area (Å²) in [5.41, 5.74) is 0. The minimum Gasteiger partial charge on any atom is -0.481 e. The van der Waals surface area contributed by atoms with Gasteiger partial charge in [0.2, 0.25) is 0 Å². The molecule has 0 saturated heterocycles. The zero-order valence-corrected chi connectivity index (χ0v) is 7.26. The molecule has 0 spiro atoms. The predicted molar refractivity (Wildman–Crippen MR) is 38.3 cm³/mol. The summed E-state index contributed by atoms with van der Waals surface area (Å²) in [5, 5.41) is 8.22. The van der Waals surface area contributed by atoms with Crippen LogP contribution in [-0.4, -0.2) is 30.0 Å². The van der Waals surface area contributed by atoms with E-state index in [2.05, 4.69) is 4.74 Å². The molecular weight excluding hydrogens is 189 g/mol. The second kappa shape index (κ2) is 4.45. The van der Waals surface area contributed by atoms with Crippen molar-refractivity contribution in [3.8, 4) is 0 Å². The average Bonchev–Trinajstić information content (AvgIpc) is 1.81. The molecule has 0 amide bonds. The van der Waals surface area contributed by atoms with Gasteiger partial charge in [-0.05, 0) is 13.8 Å². The number of rotatable bonds is 4. The first-order chi connectivity index (χ1) is 5.75. The standard InChI is InChI=1S/C7H11F3O3/c1-4(2)13-3-5(6(11)12)7(8,9)10/h4-5H,3H2,1-2H3,(H,11,12). The molecule has 0 radical (unpaired) electrons. The van der Waals surface area contributed by atoms with E-state index in [1.807, 2.05) is 0 Å². The van der Waals surface area contributed by atoms with E-state index in [1.165, 1.54) is 13.8 Å². The van der Waals surface area contributed by atoms with E-state index in [0.717, 1.165) is 0 Å². The predicted octanol–water partition coefficient (Wildman–Crippen LogP) is 1.67. The van der Waals surface area contributed by atoms with Gasteiger partial charge in [0.15, 0.2) is 5.92 Å². The molecule has 1 N–H and O–H groups in total. The molecule has 0 aromatic rings. The smallest absolute Gasteiger partial charge is 0.404 e. The van der Waals surface area contributed by atoms with Gasteiger partial charge in [0.25, 0.3) is 0 Å². The second-order valence-electron chi connectivity index (χ2n) is 2.81. The number of halogens is 3. The molecule has 78 valence electrons. The van der Waals surface area contributed by atoms with Crippen LogP contribution >= 0.6 is 0 Å². The van der Waals surface area contributed by atoms with Gasteiger partial charge in [0.05, 0.1) is 12.7 Å². The maximum atomic E-state index is 12.0. The Balaban J connectivity index is 4.20. The number of carboxylic acids is 1. The van der Waals surface area contributed by atoms with Crippen LogP contribution in [0.1, 0.15) is 13.8 Å². The van der Waals surface area contributed by atoms with Crippen molar-refractivity contribution >= 4 is 5.97 Å². The number of carboxylic acid groups (broad SMARTS) is 1. The highest BCUT2D eigenvalue weighted by Crippen LogP contribution is 2.26. The zero-order chi connectivity index (χ0) is 10.6. The summed E-state index contributed by atoms with van der Waals surface area (Å²) >= 11 is 0.